The molecule has 0 amide bonds. The number of aliphatic imine (C=N–C) groups is 1. The first kappa shape index (κ1) is 21.5. The van der Waals surface area contributed by atoms with Gasteiger partial charge in [-0.1, -0.05) is 33.6 Å². The Morgan fingerprint density at radius 1 is 0.966 bits per heavy atom. The normalized spacial score (nSPS) is 11.6. The van der Waals surface area contributed by atoms with Crippen molar-refractivity contribution in [3.63, 3.8) is 0 Å². The van der Waals surface area contributed by atoms with Crippen molar-refractivity contribution in [1.29, 1.82) is 0 Å². The molecule has 0 saturated heterocycles. The predicted octanol–water partition coefficient (Wildman–Crippen LogP) is 6.05. The molecule has 0 radical (unpaired) electrons. The van der Waals surface area contributed by atoms with Gasteiger partial charge >= 0.3 is 10.1 Å². The molecule has 29 heavy (non-hydrogen) atoms. The molecular formula is C21H17Br2NO4S. The zero-order valence-electron chi connectivity index (χ0n) is 15.6. The number of hydrogen-bond acceptors (Lipinski definition) is 5. The summed E-state index contributed by atoms with van der Waals surface area (Å²) in [6, 6.07) is 17.1. The lowest BCUT2D eigenvalue weighted by molar-refractivity contribution is 0.415. The van der Waals surface area contributed by atoms with Crippen LogP contribution in [0.15, 0.2) is 79.5 Å². The van der Waals surface area contributed by atoms with Crippen molar-refractivity contribution in [1.82, 2.24) is 0 Å². The molecule has 0 bridgehead atoms. The molecule has 3 rings (SSSR count). The summed E-state index contributed by atoms with van der Waals surface area (Å²) in [5.74, 6) is 0.883. The lowest BCUT2D eigenvalue weighted by atomic mass is 10.2. The molecule has 0 aliphatic carbocycles. The Morgan fingerprint density at radius 3 is 2.24 bits per heavy atom. The smallest absolute Gasteiger partial charge is 0.339 e. The van der Waals surface area contributed by atoms with Gasteiger partial charge in [-0.3, -0.25) is 4.99 Å². The molecule has 0 fully saturated rings. The van der Waals surface area contributed by atoms with Crippen LogP contribution >= 0.6 is 31.9 Å². The van der Waals surface area contributed by atoms with Crippen LogP contribution in [0.1, 0.15) is 11.1 Å². The highest BCUT2D eigenvalue weighted by Crippen LogP contribution is 2.34. The van der Waals surface area contributed by atoms with E-state index in [0.29, 0.717) is 15.7 Å². The molecule has 150 valence electrons. The second-order valence-corrected chi connectivity index (χ2v) is 9.43. The molecule has 5 nitrogen and oxygen atoms in total. The van der Waals surface area contributed by atoms with Crippen LogP contribution in [0.4, 0.5) is 5.69 Å². The van der Waals surface area contributed by atoms with Gasteiger partial charge in [0.1, 0.15) is 10.6 Å². The third-order valence-corrected chi connectivity index (χ3v) is 6.25. The van der Waals surface area contributed by atoms with Gasteiger partial charge in [0.25, 0.3) is 0 Å². The van der Waals surface area contributed by atoms with Gasteiger partial charge < -0.3 is 8.92 Å². The Balaban J connectivity index is 1.96. The monoisotopic (exact) mass is 537 g/mol. The maximum absolute atomic E-state index is 12.7. The minimum atomic E-state index is -4.00. The van der Waals surface area contributed by atoms with Crippen LogP contribution in [0.25, 0.3) is 0 Å². The number of nitrogens with zero attached hydrogens (tertiary/aromatic N) is 1. The van der Waals surface area contributed by atoms with Crippen LogP contribution < -0.4 is 8.92 Å². The number of ether oxygens (including phenoxy) is 1. The molecule has 0 aliphatic rings. The molecule has 3 aromatic carbocycles. The average Bonchev–Trinajstić information content (AvgIpc) is 2.69. The van der Waals surface area contributed by atoms with Gasteiger partial charge in [-0.25, -0.2) is 0 Å². The summed E-state index contributed by atoms with van der Waals surface area (Å²) in [6.45, 7) is 1.89. The standard InChI is InChI=1S/C21H17Br2NO4S/c1-14-3-9-19(10-4-14)29(25,26)28-21-15(11-16(22)12-20(21)23)13-24-17-5-7-18(27-2)8-6-17/h3-13H,1-2H3. The van der Waals surface area contributed by atoms with Crippen molar-refractivity contribution in [2.45, 2.75) is 11.8 Å². The number of rotatable bonds is 6. The van der Waals surface area contributed by atoms with Crippen molar-refractivity contribution in [2.24, 2.45) is 4.99 Å². The number of halogens is 2. The van der Waals surface area contributed by atoms with E-state index in [9.17, 15) is 8.42 Å². The van der Waals surface area contributed by atoms with E-state index in [2.05, 4.69) is 36.9 Å². The molecule has 8 heteroatoms. The van der Waals surface area contributed by atoms with E-state index < -0.39 is 10.1 Å². The van der Waals surface area contributed by atoms with E-state index in [4.69, 9.17) is 8.92 Å². The van der Waals surface area contributed by atoms with Crippen molar-refractivity contribution >= 4 is 53.9 Å². The van der Waals surface area contributed by atoms with Crippen LogP contribution in [0.5, 0.6) is 11.5 Å². The Labute approximate surface area is 186 Å². The molecule has 0 aliphatic heterocycles. The summed E-state index contributed by atoms with van der Waals surface area (Å²) in [6.07, 6.45) is 1.55. The van der Waals surface area contributed by atoms with E-state index in [1.807, 2.05) is 6.92 Å². The topological polar surface area (TPSA) is 65.0 Å². The molecule has 0 saturated carbocycles. The van der Waals surface area contributed by atoms with Crippen molar-refractivity contribution in [3.8, 4) is 11.5 Å². The quantitative estimate of drug-likeness (QED) is 0.283. The Hall–Kier alpha value is -2.16. The van der Waals surface area contributed by atoms with Gasteiger partial charge in [0.2, 0.25) is 0 Å². The summed E-state index contributed by atoms with van der Waals surface area (Å²) in [5.41, 5.74) is 2.15. The lowest BCUT2D eigenvalue weighted by Crippen LogP contribution is -2.11. The maximum atomic E-state index is 12.7. The Bertz CT molecular complexity index is 1140. The first-order valence-corrected chi connectivity index (χ1v) is 11.5. The van der Waals surface area contributed by atoms with E-state index in [-0.39, 0.29) is 10.6 Å². The van der Waals surface area contributed by atoms with E-state index in [1.165, 1.54) is 12.1 Å². The second-order valence-electron chi connectivity index (χ2n) is 6.11. The Kier molecular flexibility index (Phi) is 6.77. The Morgan fingerprint density at radius 2 is 1.62 bits per heavy atom. The second kappa shape index (κ2) is 9.11. The van der Waals surface area contributed by atoms with Crippen molar-refractivity contribution in [3.05, 3.63) is 80.7 Å². The SMILES string of the molecule is COc1ccc(N=Cc2cc(Br)cc(Br)c2OS(=O)(=O)c2ccc(C)cc2)cc1. The molecule has 0 aromatic heterocycles. The van der Waals surface area contributed by atoms with Crippen LogP contribution in [-0.2, 0) is 10.1 Å². The molecule has 0 N–H and O–H groups in total. The third kappa shape index (κ3) is 5.46. The van der Waals surface area contributed by atoms with Crippen molar-refractivity contribution in [2.75, 3.05) is 7.11 Å². The zero-order chi connectivity index (χ0) is 21.0. The molecular weight excluding hydrogens is 522 g/mol. The van der Waals surface area contributed by atoms with Crippen LogP contribution in [0, 0.1) is 6.92 Å². The van der Waals surface area contributed by atoms with E-state index in [0.717, 1.165) is 15.8 Å². The number of methoxy groups -OCH3 is 1. The van der Waals surface area contributed by atoms with Crippen LogP contribution in [-0.4, -0.2) is 21.7 Å². The van der Waals surface area contributed by atoms with Gasteiger partial charge in [0, 0.05) is 16.3 Å². The van der Waals surface area contributed by atoms with E-state index in [1.54, 1.807) is 61.9 Å². The fourth-order valence-corrected chi connectivity index (χ4v) is 4.86. The van der Waals surface area contributed by atoms with Gasteiger partial charge in [0.05, 0.1) is 17.3 Å². The molecule has 3 aromatic rings. The molecule has 0 unspecified atom stereocenters. The third-order valence-electron chi connectivity index (χ3n) is 3.96. The summed E-state index contributed by atoms with van der Waals surface area (Å²) in [7, 11) is -2.41. The minimum Gasteiger partial charge on any atom is -0.497 e. The number of aryl methyl sites for hydroxylation is 1. The largest absolute Gasteiger partial charge is 0.497 e. The van der Waals surface area contributed by atoms with Crippen molar-refractivity contribution < 1.29 is 17.3 Å². The fraction of sp³-hybridized carbons (Fsp3) is 0.0952. The number of hydrogen-bond donors (Lipinski definition) is 0. The predicted molar refractivity (Wildman–Crippen MR) is 121 cm³/mol. The minimum absolute atomic E-state index is 0.0796. The summed E-state index contributed by atoms with van der Waals surface area (Å²) >= 11 is 6.79. The number of benzene rings is 3. The van der Waals surface area contributed by atoms with Gasteiger partial charge in [-0.15, -0.1) is 0 Å². The summed E-state index contributed by atoms with van der Waals surface area (Å²) in [4.78, 5) is 4.49. The first-order valence-electron chi connectivity index (χ1n) is 8.47. The summed E-state index contributed by atoms with van der Waals surface area (Å²) < 4.78 is 37.3. The highest BCUT2D eigenvalue weighted by molar-refractivity contribution is 9.11. The lowest BCUT2D eigenvalue weighted by Gasteiger charge is -2.12. The molecule has 0 heterocycles. The zero-order valence-corrected chi connectivity index (χ0v) is 19.6. The highest BCUT2D eigenvalue weighted by Gasteiger charge is 2.20. The first-order chi connectivity index (χ1) is 13.8. The van der Waals surface area contributed by atoms with Gasteiger partial charge in [-0.2, -0.15) is 8.42 Å². The van der Waals surface area contributed by atoms with Crippen LogP contribution in [0.2, 0.25) is 0 Å². The molecule has 0 spiro atoms. The van der Waals surface area contributed by atoms with Gasteiger partial charge in [-0.05, 0) is 71.4 Å². The van der Waals surface area contributed by atoms with E-state index >= 15 is 0 Å². The maximum Gasteiger partial charge on any atom is 0.339 e. The fourth-order valence-electron chi connectivity index (χ4n) is 2.44. The summed E-state index contributed by atoms with van der Waals surface area (Å²) in [5, 5.41) is 0. The molecule has 0 atom stereocenters. The average molecular weight is 539 g/mol. The highest BCUT2D eigenvalue weighted by atomic mass is 79.9. The van der Waals surface area contributed by atoms with Gasteiger partial charge in [0.15, 0.2) is 5.75 Å². The van der Waals surface area contributed by atoms with Crippen LogP contribution in [0.3, 0.4) is 0 Å².